The molecule has 1 aromatic heterocycles. The molecule has 0 radical (unpaired) electrons. The smallest absolute Gasteiger partial charge is 0.241 e. The summed E-state index contributed by atoms with van der Waals surface area (Å²) < 4.78 is 29.7. The molecule has 0 aliphatic rings. The quantitative estimate of drug-likeness (QED) is 0.801. The van der Waals surface area contributed by atoms with E-state index >= 15 is 0 Å². The Balaban J connectivity index is 2.17. The van der Waals surface area contributed by atoms with Crippen molar-refractivity contribution in [2.45, 2.75) is 24.9 Å². The highest BCUT2D eigenvalue weighted by Gasteiger charge is 2.19. The lowest BCUT2D eigenvalue weighted by atomic mass is 10.1. The molecule has 6 nitrogen and oxygen atoms in total. The van der Waals surface area contributed by atoms with Crippen molar-refractivity contribution in [3.63, 3.8) is 0 Å². The monoisotopic (exact) mass is 372 g/mol. The van der Waals surface area contributed by atoms with Gasteiger partial charge < -0.3 is 10.3 Å². The first-order valence-corrected chi connectivity index (χ1v) is 8.66. The van der Waals surface area contributed by atoms with Crippen LogP contribution >= 0.6 is 15.9 Å². The maximum absolute atomic E-state index is 12.4. The van der Waals surface area contributed by atoms with E-state index < -0.39 is 10.0 Å². The van der Waals surface area contributed by atoms with Gasteiger partial charge in [-0.1, -0.05) is 6.07 Å². The highest BCUT2D eigenvalue weighted by atomic mass is 79.9. The number of hydrogen-bond acceptors (Lipinski definition) is 4. The third kappa shape index (κ3) is 3.91. The second-order valence-corrected chi connectivity index (χ2v) is 7.16. The van der Waals surface area contributed by atoms with Crippen LogP contribution in [0.5, 0.6) is 0 Å². The molecular formula is C13H17BrN4O2S. The molecule has 0 spiro atoms. The molecule has 1 aromatic carbocycles. The lowest BCUT2D eigenvalue weighted by Crippen LogP contribution is -2.27. The van der Waals surface area contributed by atoms with Crippen LogP contribution in [0.25, 0.3) is 0 Å². The van der Waals surface area contributed by atoms with Crippen molar-refractivity contribution in [2.75, 3.05) is 6.54 Å². The van der Waals surface area contributed by atoms with Crippen molar-refractivity contribution in [2.24, 2.45) is 5.73 Å². The summed E-state index contributed by atoms with van der Waals surface area (Å²) in [6.07, 6.45) is 5.08. The number of hydrogen-bond donors (Lipinski definition) is 2. The van der Waals surface area contributed by atoms with Crippen molar-refractivity contribution in [1.82, 2.24) is 14.3 Å². The minimum Gasteiger partial charge on any atom is -0.336 e. The van der Waals surface area contributed by atoms with Crippen LogP contribution in [0.2, 0.25) is 0 Å². The minimum absolute atomic E-state index is 0.216. The highest BCUT2D eigenvalue weighted by molar-refractivity contribution is 9.10. The molecule has 0 amide bonds. The van der Waals surface area contributed by atoms with Gasteiger partial charge >= 0.3 is 0 Å². The van der Waals surface area contributed by atoms with Crippen molar-refractivity contribution < 1.29 is 8.42 Å². The molecule has 1 heterocycles. The third-order valence-electron chi connectivity index (χ3n) is 3.03. The molecule has 2 rings (SSSR count). The van der Waals surface area contributed by atoms with Gasteiger partial charge in [0, 0.05) is 36.5 Å². The normalized spacial score (nSPS) is 11.8. The van der Waals surface area contributed by atoms with Crippen LogP contribution in [-0.4, -0.2) is 24.5 Å². The van der Waals surface area contributed by atoms with Gasteiger partial charge in [-0.15, -0.1) is 0 Å². The number of benzene rings is 1. The topological polar surface area (TPSA) is 90.0 Å². The van der Waals surface area contributed by atoms with Gasteiger partial charge in [-0.3, -0.25) is 0 Å². The van der Waals surface area contributed by atoms with E-state index in [0.29, 0.717) is 17.6 Å². The Bertz CT molecular complexity index is 714. The molecule has 0 fully saturated rings. The third-order valence-corrected chi connectivity index (χ3v) is 5.83. The van der Waals surface area contributed by atoms with Gasteiger partial charge in [-0.05, 0) is 40.0 Å². The van der Waals surface area contributed by atoms with Gasteiger partial charge in [0.25, 0.3) is 0 Å². The first kappa shape index (κ1) is 16.2. The van der Waals surface area contributed by atoms with E-state index in [0.717, 1.165) is 11.1 Å². The Kier molecular flexibility index (Phi) is 5.15. The Morgan fingerprint density at radius 3 is 2.81 bits per heavy atom. The van der Waals surface area contributed by atoms with Gasteiger partial charge in [0.2, 0.25) is 10.0 Å². The number of aromatic nitrogens is 2. The fraction of sp³-hybridized carbons (Fsp3) is 0.308. The fourth-order valence-corrected chi connectivity index (χ4v) is 4.02. The molecule has 0 atom stereocenters. The van der Waals surface area contributed by atoms with E-state index in [1.807, 2.05) is 13.0 Å². The van der Waals surface area contributed by atoms with Crippen LogP contribution in [0, 0.1) is 6.92 Å². The van der Waals surface area contributed by atoms with Crippen molar-refractivity contribution in [1.29, 1.82) is 0 Å². The minimum atomic E-state index is -3.59. The standard InChI is InChI=1S/C13H17BrN4O2S/c1-10-6-11(8-15)7-12(13(10)14)21(19,20)17-3-5-18-4-2-16-9-18/h2,4,6-7,9,17H,3,5,8,15H2,1H3. The van der Waals surface area contributed by atoms with E-state index in [-0.39, 0.29) is 11.4 Å². The van der Waals surface area contributed by atoms with Gasteiger partial charge in [-0.25, -0.2) is 18.1 Å². The zero-order valence-electron chi connectivity index (χ0n) is 11.6. The number of rotatable bonds is 6. The van der Waals surface area contributed by atoms with E-state index in [4.69, 9.17) is 5.73 Å². The lowest BCUT2D eigenvalue weighted by molar-refractivity contribution is 0.572. The zero-order valence-corrected chi connectivity index (χ0v) is 14.0. The summed E-state index contributed by atoms with van der Waals surface area (Å²) in [5.74, 6) is 0. The number of aryl methyl sites for hydroxylation is 1. The van der Waals surface area contributed by atoms with Crippen LogP contribution in [0.4, 0.5) is 0 Å². The summed E-state index contributed by atoms with van der Waals surface area (Å²) >= 11 is 3.33. The van der Waals surface area contributed by atoms with E-state index in [2.05, 4.69) is 25.6 Å². The molecule has 0 aliphatic carbocycles. The summed E-state index contributed by atoms with van der Waals surface area (Å²) in [6, 6.07) is 3.46. The average Bonchev–Trinajstić information content (AvgIpc) is 2.94. The van der Waals surface area contributed by atoms with Crippen molar-refractivity contribution >= 4 is 26.0 Å². The molecule has 0 saturated heterocycles. The van der Waals surface area contributed by atoms with Gasteiger partial charge in [0.15, 0.2) is 0 Å². The highest BCUT2D eigenvalue weighted by Crippen LogP contribution is 2.27. The number of halogens is 1. The largest absolute Gasteiger partial charge is 0.336 e. The summed E-state index contributed by atoms with van der Waals surface area (Å²) in [4.78, 5) is 4.12. The summed E-state index contributed by atoms with van der Waals surface area (Å²) in [5.41, 5.74) is 7.23. The first-order valence-electron chi connectivity index (χ1n) is 6.38. The Morgan fingerprint density at radius 2 is 2.19 bits per heavy atom. The molecule has 0 aliphatic heterocycles. The Hall–Kier alpha value is -1.22. The number of nitrogens with one attached hydrogen (secondary N) is 1. The lowest BCUT2D eigenvalue weighted by Gasteiger charge is -2.12. The predicted molar refractivity (Wildman–Crippen MR) is 84.2 cm³/mol. The number of nitrogens with zero attached hydrogens (tertiary/aromatic N) is 2. The second kappa shape index (κ2) is 6.69. The number of nitrogens with two attached hydrogens (primary N) is 1. The van der Waals surface area contributed by atoms with Crippen LogP contribution in [0.15, 0.2) is 40.2 Å². The molecule has 0 unspecified atom stereocenters. The maximum atomic E-state index is 12.4. The van der Waals surface area contributed by atoms with Crippen molar-refractivity contribution in [3.8, 4) is 0 Å². The number of imidazole rings is 1. The average molecular weight is 373 g/mol. The number of sulfonamides is 1. The van der Waals surface area contributed by atoms with Crippen LogP contribution in [0.1, 0.15) is 11.1 Å². The maximum Gasteiger partial charge on any atom is 0.241 e. The fourth-order valence-electron chi connectivity index (χ4n) is 1.93. The zero-order chi connectivity index (χ0) is 15.5. The van der Waals surface area contributed by atoms with Crippen LogP contribution in [0.3, 0.4) is 0 Å². The predicted octanol–water partition coefficient (Wildman–Crippen LogP) is 1.39. The molecule has 0 saturated carbocycles. The molecule has 0 bridgehead atoms. The molecule has 2 aromatic rings. The van der Waals surface area contributed by atoms with Gasteiger partial charge in [0.1, 0.15) is 0 Å². The molecule has 21 heavy (non-hydrogen) atoms. The van der Waals surface area contributed by atoms with Crippen LogP contribution in [-0.2, 0) is 23.1 Å². The summed E-state index contributed by atoms with van der Waals surface area (Å²) in [6.45, 7) is 2.95. The molecule has 3 N–H and O–H groups in total. The van der Waals surface area contributed by atoms with Crippen LogP contribution < -0.4 is 10.5 Å². The summed E-state index contributed by atoms with van der Waals surface area (Å²) in [7, 11) is -3.59. The molecule has 114 valence electrons. The second-order valence-electron chi connectivity index (χ2n) is 4.63. The molecular weight excluding hydrogens is 356 g/mol. The van der Waals surface area contributed by atoms with Gasteiger partial charge in [0.05, 0.1) is 11.2 Å². The Labute approximate surface area is 132 Å². The van der Waals surface area contributed by atoms with Gasteiger partial charge in [-0.2, -0.15) is 0 Å². The molecule has 8 heteroatoms. The first-order chi connectivity index (χ1) is 9.94. The van der Waals surface area contributed by atoms with E-state index in [1.165, 1.54) is 0 Å². The van der Waals surface area contributed by atoms with Crippen molar-refractivity contribution in [3.05, 3.63) is 46.5 Å². The van der Waals surface area contributed by atoms with E-state index in [9.17, 15) is 8.42 Å². The van der Waals surface area contributed by atoms with E-state index in [1.54, 1.807) is 29.4 Å². The SMILES string of the molecule is Cc1cc(CN)cc(S(=O)(=O)NCCn2ccnc2)c1Br. The summed E-state index contributed by atoms with van der Waals surface area (Å²) in [5, 5.41) is 0. The Morgan fingerprint density at radius 1 is 1.43 bits per heavy atom.